The molecule has 5 nitrogen and oxygen atoms in total. The highest BCUT2D eigenvalue weighted by Gasteiger charge is 2.13. The molecule has 1 N–H and O–H groups in total. The second-order valence-corrected chi connectivity index (χ2v) is 7.32. The predicted octanol–water partition coefficient (Wildman–Crippen LogP) is 5.66. The van der Waals surface area contributed by atoms with E-state index in [4.69, 9.17) is 9.40 Å². The van der Waals surface area contributed by atoms with E-state index in [9.17, 15) is 4.79 Å². The number of benzene rings is 3. The first-order valence-corrected chi connectivity index (χ1v) is 10.2. The van der Waals surface area contributed by atoms with Gasteiger partial charge < -0.3 is 9.73 Å². The summed E-state index contributed by atoms with van der Waals surface area (Å²) in [4.78, 5) is 17.1. The first kappa shape index (κ1) is 18.9. The van der Waals surface area contributed by atoms with Gasteiger partial charge in [0.25, 0.3) is 5.91 Å². The molecule has 5 rings (SSSR count). The summed E-state index contributed by atoms with van der Waals surface area (Å²) in [6, 6.07) is 29.7. The van der Waals surface area contributed by atoms with Crippen LogP contribution in [0.1, 0.15) is 21.9 Å². The Balaban J connectivity index is 1.39. The third kappa shape index (κ3) is 3.98. The van der Waals surface area contributed by atoms with Gasteiger partial charge in [-0.1, -0.05) is 42.5 Å². The Labute approximate surface area is 180 Å². The fraction of sp³-hybridized carbons (Fsp3) is 0.0769. The third-order valence-electron chi connectivity index (χ3n) is 5.21. The highest BCUT2D eigenvalue weighted by atomic mass is 16.3. The SMILES string of the molecule is O=C(Nc1cccc(CCc2nc3ccccc3n2-c2ccccc2)c1)c1ccco1. The zero-order chi connectivity index (χ0) is 21.0. The van der Waals surface area contributed by atoms with Gasteiger partial charge >= 0.3 is 0 Å². The van der Waals surface area contributed by atoms with Crippen LogP contribution in [-0.4, -0.2) is 15.5 Å². The second kappa shape index (κ2) is 8.32. The van der Waals surface area contributed by atoms with E-state index in [2.05, 4.69) is 34.1 Å². The van der Waals surface area contributed by atoms with Gasteiger partial charge in [-0.2, -0.15) is 0 Å². The molecule has 0 atom stereocenters. The van der Waals surface area contributed by atoms with Crippen LogP contribution in [0.15, 0.2) is 102 Å². The van der Waals surface area contributed by atoms with E-state index in [-0.39, 0.29) is 5.91 Å². The molecular formula is C26H21N3O2. The summed E-state index contributed by atoms with van der Waals surface area (Å²) in [7, 11) is 0. The molecule has 152 valence electrons. The minimum Gasteiger partial charge on any atom is -0.459 e. The normalized spacial score (nSPS) is 11.0. The fourth-order valence-corrected chi connectivity index (χ4v) is 3.77. The number of nitrogens with zero attached hydrogens (tertiary/aromatic N) is 2. The maximum atomic E-state index is 12.2. The number of anilines is 1. The lowest BCUT2D eigenvalue weighted by Gasteiger charge is -2.10. The maximum absolute atomic E-state index is 12.2. The van der Waals surface area contributed by atoms with Crippen molar-refractivity contribution in [2.24, 2.45) is 0 Å². The Morgan fingerprint density at radius 3 is 2.55 bits per heavy atom. The highest BCUT2D eigenvalue weighted by molar-refractivity contribution is 6.02. The summed E-state index contributed by atoms with van der Waals surface area (Å²) in [5, 5.41) is 2.89. The number of furan rings is 1. The van der Waals surface area contributed by atoms with Crippen molar-refractivity contribution in [3.63, 3.8) is 0 Å². The number of aryl methyl sites for hydroxylation is 2. The number of carbonyl (C=O) groups is 1. The van der Waals surface area contributed by atoms with Crippen LogP contribution in [0, 0.1) is 0 Å². The van der Waals surface area contributed by atoms with E-state index in [1.165, 1.54) is 6.26 Å². The molecule has 0 bridgehead atoms. The summed E-state index contributed by atoms with van der Waals surface area (Å²) < 4.78 is 7.38. The van der Waals surface area contributed by atoms with Gasteiger partial charge in [-0.3, -0.25) is 9.36 Å². The lowest BCUT2D eigenvalue weighted by molar-refractivity contribution is 0.0996. The summed E-state index contributed by atoms with van der Waals surface area (Å²) >= 11 is 0. The minimum absolute atomic E-state index is 0.256. The smallest absolute Gasteiger partial charge is 0.291 e. The molecule has 0 spiro atoms. The standard InChI is InChI=1S/C26H21N3O2/c30-26(24-14-7-17-31-24)27-20-9-6-8-19(18-20)15-16-25-28-22-12-4-5-13-23(22)29(25)21-10-2-1-3-11-21/h1-14,17-18H,15-16H2,(H,27,30). The van der Waals surface area contributed by atoms with Crippen molar-refractivity contribution < 1.29 is 9.21 Å². The Kier molecular flexibility index (Phi) is 5.07. The summed E-state index contributed by atoms with van der Waals surface area (Å²) in [6.07, 6.45) is 3.07. The third-order valence-corrected chi connectivity index (χ3v) is 5.21. The van der Waals surface area contributed by atoms with Gasteiger partial charge in [0.1, 0.15) is 5.82 Å². The number of nitrogens with one attached hydrogen (secondary N) is 1. The van der Waals surface area contributed by atoms with E-state index < -0.39 is 0 Å². The van der Waals surface area contributed by atoms with Crippen LogP contribution in [0.5, 0.6) is 0 Å². The fourth-order valence-electron chi connectivity index (χ4n) is 3.77. The van der Waals surface area contributed by atoms with E-state index in [0.717, 1.165) is 46.6 Å². The molecular weight excluding hydrogens is 386 g/mol. The molecule has 0 aliphatic carbocycles. The van der Waals surface area contributed by atoms with Crippen LogP contribution in [0.25, 0.3) is 16.7 Å². The molecule has 0 saturated carbocycles. The minimum atomic E-state index is -0.256. The van der Waals surface area contributed by atoms with E-state index in [1.807, 2.05) is 54.6 Å². The number of aromatic nitrogens is 2. The van der Waals surface area contributed by atoms with Crippen LogP contribution < -0.4 is 5.32 Å². The van der Waals surface area contributed by atoms with Gasteiger partial charge in [0.2, 0.25) is 0 Å². The maximum Gasteiger partial charge on any atom is 0.291 e. The highest BCUT2D eigenvalue weighted by Crippen LogP contribution is 2.23. The van der Waals surface area contributed by atoms with Gasteiger partial charge in [0.15, 0.2) is 5.76 Å². The number of para-hydroxylation sites is 3. The van der Waals surface area contributed by atoms with E-state index >= 15 is 0 Å². The topological polar surface area (TPSA) is 60.1 Å². The Bertz CT molecular complexity index is 1320. The van der Waals surface area contributed by atoms with Gasteiger partial charge in [0, 0.05) is 17.8 Å². The molecule has 0 radical (unpaired) electrons. The summed E-state index contributed by atoms with van der Waals surface area (Å²) in [6.45, 7) is 0. The zero-order valence-electron chi connectivity index (χ0n) is 16.9. The number of hydrogen-bond acceptors (Lipinski definition) is 3. The molecule has 0 saturated heterocycles. The van der Waals surface area contributed by atoms with Crippen LogP contribution >= 0.6 is 0 Å². The van der Waals surface area contributed by atoms with Gasteiger partial charge in [0.05, 0.1) is 17.3 Å². The summed E-state index contributed by atoms with van der Waals surface area (Å²) in [5.41, 5.74) is 5.06. The first-order valence-electron chi connectivity index (χ1n) is 10.2. The molecule has 0 fully saturated rings. The van der Waals surface area contributed by atoms with Crippen LogP contribution in [0.4, 0.5) is 5.69 Å². The van der Waals surface area contributed by atoms with Crippen molar-refractivity contribution in [1.82, 2.24) is 9.55 Å². The molecule has 5 aromatic rings. The lowest BCUT2D eigenvalue weighted by Crippen LogP contribution is -2.11. The number of carbonyl (C=O) groups excluding carboxylic acids is 1. The molecule has 2 aromatic heterocycles. The zero-order valence-corrected chi connectivity index (χ0v) is 16.9. The van der Waals surface area contributed by atoms with Crippen LogP contribution in [0.3, 0.4) is 0 Å². The van der Waals surface area contributed by atoms with E-state index in [0.29, 0.717) is 5.76 Å². The summed E-state index contributed by atoms with van der Waals surface area (Å²) in [5.74, 6) is 1.05. The van der Waals surface area contributed by atoms with Gasteiger partial charge in [-0.25, -0.2) is 4.98 Å². The Morgan fingerprint density at radius 2 is 1.71 bits per heavy atom. The van der Waals surface area contributed by atoms with Crippen LogP contribution in [-0.2, 0) is 12.8 Å². The predicted molar refractivity (Wildman–Crippen MR) is 122 cm³/mol. The largest absolute Gasteiger partial charge is 0.459 e. The van der Waals surface area contributed by atoms with Crippen molar-refractivity contribution >= 4 is 22.6 Å². The van der Waals surface area contributed by atoms with Crippen molar-refractivity contribution in [3.8, 4) is 5.69 Å². The number of hydrogen-bond donors (Lipinski definition) is 1. The number of fused-ring (bicyclic) bond motifs is 1. The molecule has 0 unspecified atom stereocenters. The monoisotopic (exact) mass is 407 g/mol. The lowest BCUT2D eigenvalue weighted by atomic mass is 10.1. The van der Waals surface area contributed by atoms with Crippen molar-refractivity contribution in [1.29, 1.82) is 0 Å². The molecule has 0 aliphatic heterocycles. The molecule has 3 aromatic carbocycles. The second-order valence-electron chi connectivity index (χ2n) is 7.32. The molecule has 0 aliphatic rings. The molecule has 2 heterocycles. The van der Waals surface area contributed by atoms with E-state index in [1.54, 1.807) is 12.1 Å². The Hall–Kier alpha value is -4.12. The first-order chi connectivity index (χ1) is 15.3. The number of rotatable bonds is 6. The number of amides is 1. The quantitative estimate of drug-likeness (QED) is 0.395. The van der Waals surface area contributed by atoms with Gasteiger partial charge in [-0.05, 0) is 60.5 Å². The molecule has 31 heavy (non-hydrogen) atoms. The van der Waals surface area contributed by atoms with Crippen molar-refractivity contribution in [3.05, 3.63) is 114 Å². The van der Waals surface area contributed by atoms with Crippen molar-refractivity contribution in [2.45, 2.75) is 12.8 Å². The van der Waals surface area contributed by atoms with Gasteiger partial charge in [-0.15, -0.1) is 0 Å². The van der Waals surface area contributed by atoms with Crippen LogP contribution in [0.2, 0.25) is 0 Å². The Morgan fingerprint density at radius 1 is 0.871 bits per heavy atom. The molecule has 1 amide bonds. The average molecular weight is 407 g/mol. The number of imidazole rings is 1. The average Bonchev–Trinajstić information content (AvgIpc) is 3.47. The van der Waals surface area contributed by atoms with Crippen molar-refractivity contribution in [2.75, 3.05) is 5.32 Å². The molecule has 5 heteroatoms.